The van der Waals surface area contributed by atoms with Gasteiger partial charge in [0.1, 0.15) is 6.33 Å². The van der Waals surface area contributed by atoms with Crippen molar-refractivity contribution in [3.8, 4) is 5.69 Å². The third-order valence-corrected chi connectivity index (χ3v) is 4.57. The highest BCUT2D eigenvalue weighted by atomic mass is 16.2. The first-order valence-electron chi connectivity index (χ1n) is 8.43. The summed E-state index contributed by atoms with van der Waals surface area (Å²) in [6.45, 7) is 1.53. The second-order valence-corrected chi connectivity index (χ2v) is 6.18. The molecule has 1 aliphatic rings. The first-order chi connectivity index (χ1) is 12.3. The Labute approximate surface area is 145 Å². The van der Waals surface area contributed by atoms with E-state index in [-0.39, 0.29) is 11.9 Å². The molecule has 3 heterocycles. The van der Waals surface area contributed by atoms with Crippen molar-refractivity contribution in [3.05, 3.63) is 54.6 Å². The molecule has 1 atom stereocenters. The summed E-state index contributed by atoms with van der Waals surface area (Å²) in [4.78, 5) is 15.0. The van der Waals surface area contributed by atoms with Gasteiger partial charge in [0.15, 0.2) is 0 Å². The molecule has 3 aromatic rings. The van der Waals surface area contributed by atoms with Gasteiger partial charge in [-0.2, -0.15) is 5.10 Å². The van der Waals surface area contributed by atoms with Crippen LogP contribution < -0.4 is 0 Å². The summed E-state index contributed by atoms with van der Waals surface area (Å²) < 4.78 is 3.47. The van der Waals surface area contributed by atoms with Gasteiger partial charge in [-0.15, -0.1) is 5.10 Å². The van der Waals surface area contributed by atoms with Gasteiger partial charge in [0, 0.05) is 24.5 Å². The number of carbonyl (C=O) groups excluding carboxylic acids is 1. The van der Waals surface area contributed by atoms with E-state index < -0.39 is 0 Å². The number of amides is 1. The molecule has 1 aliphatic heterocycles. The van der Waals surface area contributed by atoms with E-state index in [1.807, 2.05) is 46.1 Å². The maximum Gasteiger partial charge on any atom is 0.254 e. The van der Waals surface area contributed by atoms with Crippen molar-refractivity contribution in [2.45, 2.75) is 31.8 Å². The van der Waals surface area contributed by atoms with Gasteiger partial charge in [-0.05, 0) is 60.0 Å². The molecule has 8 nitrogen and oxygen atoms in total. The van der Waals surface area contributed by atoms with E-state index in [4.69, 9.17) is 0 Å². The van der Waals surface area contributed by atoms with Gasteiger partial charge >= 0.3 is 0 Å². The summed E-state index contributed by atoms with van der Waals surface area (Å²) in [6.07, 6.45) is 8.44. The fourth-order valence-corrected chi connectivity index (χ4v) is 3.28. The minimum absolute atomic E-state index is 0.0696. The smallest absolute Gasteiger partial charge is 0.254 e. The number of hydrogen-bond acceptors (Lipinski definition) is 5. The molecule has 8 heteroatoms. The lowest BCUT2D eigenvalue weighted by Crippen LogP contribution is -2.45. The van der Waals surface area contributed by atoms with Crippen LogP contribution in [0.5, 0.6) is 0 Å². The Bertz CT molecular complexity index is 811. The Morgan fingerprint density at radius 2 is 2.08 bits per heavy atom. The molecule has 1 fully saturated rings. The topological polar surface area (TPSA) is 81.7 Å². The summed E-state index contributed by atoms with van der Waals surface area (Å²) in [5, 5.41) is 15.4. The molecule has 1 saturated heterocycles. The first kappa shape index (κ1) is 15.5. The lowest BCUT2D eigenvalue weighted by molar-refractivity contribution is 0.0584. The van der Waals surface area contributed by atoms with Crippen LogP contribution in [0.25, 0.3) is 5.69 Å². The summed E-state index contributed by atoms with van der Waals surface area (Å²) in [5.74, 6) is 0.0696. The molecule has 1 aromatic carbocycles. The number of aromatic nitrogens is 6. The van der Waals surface area contributed by atoms with Gasteiger partial charge in [-0.25, -0.2) is 4.68 Å². The zero-order valence-electron chi connectivity index (χ0n) is 13.8. The molecular formula is C17H19N7O. The van der Waals surface area contributed by atoms with Crippen LogP contribution in [0.15, 0.2) is 49.1 Å². The fourth-order valence-electron chi connectivity index (χ4n) is 3.28. The maximum absolute atomic E-state index is 13.0. The molecule has 2 aromatic heterocycles. The van der Waals surface area contributed by atoms with E-state index in [1.54, 1.807) is 10.9 Å². The van der Waals surface area contributed by atoms with Crippen molar-refractivity contribution in [2.75, 3.05) is 6.54 Å². The second-order valence-electron chi connectivity index (χ2n) is 6.18. The highest BCUT2D eigenvalue weighted by molar-refractivity contribution is 5.94. The zero-order chi connectivity index (χ0) is 17.1. The molecule has 0 N–H and O–H groups in total. The van der Waals surface area contributed by atoms with Crippen LogP contribution >= 0.6 is 0 Å². The minimum atomic E-state index is 0.0696. The van der Waals surface area contributed by atoms with Crippen LogP contribution in [0.2, 0.25) is 0 Å². The van der Waals surface area contributed by atoms with E-state index in [9.17, 15) is 4.79 Å². The average Bonchev–Trinajstić information content (AvgIpc) is 3.36. The van der Waals surface area contributed by atoms with Gasteiger partial charge < -0.3 is 4.90 Å². The molecular weight excluding hydrogens is 318 g/mol. The molecule has 0 spiro atoms. The Hall–Kier alpha value is -3.03. The van der Waals surface area contributed by atoms with Crippen LogP contribution in [0, 0.1) is 0 Å². The standard InChI is InChI=1S/C17H19N7O/c25-17(14-5-7-15(8-6-14)24-13-18-20-21-24)23-11-2-1-4-16(23)12-22-10-3-9-19-22/h3,5-10,13,16H,1-2,4,11-12H2/t16-/m0/s1. The zero-order valence-corrected chi connectivity index (χ0v) is 13.8. The molecule has 0 saturated carbocycles. The highest BCUT2D eigenvalue weighted by Gasteiger charge is 2.27. The molecule has 0 bridgehead atoms. The molecule has 128 valence electrons. The molecule has 0 aliphatic carbocycles. The van der Waals surface area contributed by atoms with Gasteiger partial charge in [-0.3, -0.25) is 9.48 Å². The van der Waals surface area contributed by atoms with Crippen molar-refractivity contribution >= 4 is 5.91 Å². The van der Waals surface area contributed by atoms with Crippen molar-refractivity contribution in [1.29, 1.82) is 0 Å². The Kier molecular flexibility index (Phi) is 4.24. The molecule has 4 rings (SSSR count). The van der Waals surface area contributed by atoms with E-state index in [2.05, 4.69) is 20.6 Å². The van der Waals surface area contributed by atoms with E-state index >= 15 is 0 Å². The Balaban J connectivity index is 1.51. The van der Waals surface area contributed by atoms with Crippen LogP contribution in [0.1, 0.15) is 29.6 Å². The summed E-state index contributed by atoms with van der Waals surface area (Å²) in [6, 6.07) is 9.47. The third-order valence-electron chi connectivity index (χ3n) is 4.57. The number of benzene rings is 1. The second kappa shape index (κ2) is 6.84. The SMILES string of the molecule is O=C(c1ccc(-n2cnnn2)cc1)N1CCCC[C@H]1Cn1cccn1. The largest absolute Gasteiger partial charge is 0.334 e. The number of piperidine rings is 1. The van der Waals surface area contributed by atoms with Gasteiger partial charge in [0.25, 0.3) is 5.91 Å². The third kappa shape index (κ3) is 3.28. The van der Waals surface area contributed by atoms with Crippen molar-refractivity contribution in [3.63, 3.8) is 0 Å². The van der Waals surface area contributed by atoms with Gasteiger partial charge in [0.05, 0.1) is 18.3 Å². The molecule has 25 heavy (non-hydrogen) atoms. The van der Waals surface area contributed by atoms with E-state index in [1.165, 1.54) is 6.33 Å². The van der Waals surface area contributed by atoms with Crippen LogP contribution in [0.4, 0.5) is 0 Å². The number of tetrazole rings is 1. The normalized spacial score (nSPS) is 17.6. The Morgan fingerprint density at radius 1 is 1.20 bits per heavy atom. The summed E-state index contributed by atoms with van der Waals surface area (Å²) in [5.41, 5.74) is 1.51. The van der Waals surface area contributed by atoms with Gasteiger partial charge in [0.2, 0.25) is 0 Å². The number of hydrogen-bond donors (Lipinski definition) is 0. The van der Waals surface area contributed by atoms with E-state index in [0.717, 1.165) is 38.0 Å². The van der Waals surface area contributed by atoms with Crippen molar-refractivity contribution in [1.82, 2.24) is 34.9 Å². The van der Waals surface area contributed by atoms with Crippen molar-refractivity contribution < 1.29 is 4.79 Å². The lowest BCUT2D eigenvalue weighted by atomic mass is 10.0. The molecule has 1 amide bonds. The molecule has 0 unspecified atom stereocenters. The number of likely N-dealkylation sites (tertiary alicyclic amines) is 1. The molecule has 0 radical (unpaired) electrons. The van der Waals surface area contributed by atoms with E-state index in [0.29, 0.717) is 5.56 Å². The number of rotatable bonds is 4. The lowest BCUT2D eigenvalue weighted by Gasteiger charge is -2.35. The predicted octanol–water partition coefficient (Wildman–Crippen LogP) is 1.55. The maximum atomic E-state index is 13.0. The Morgan fingerprint density at radius 3 is 2.80 bits per heavy atom. The summed E-state index contributed by atoms with van der Waals surface area (Å²) in [7, 11) is 0. The van der Waals surface area contributed by atoms with Crippen LogP contribution in [-0.4, -0.2) is 53.4 Å². The van der Waals surface area contributed by atoms with Crippen LogP contribution in [0.3, 0.4) is 0 Å². The number of nitrogens with zero attached hydrogens (tertiary/aromatic N) is 7. The monoisotopic (exact) mass is 337 g/mol. The quantitative estimate of drug-likeness (QED) is 0.721. The number of carbonyl (C=O) groups is 1. The minimum Gasteiger partial charge on any atom is -0.334 e. The first-order valence-corrected chi connectivity index (χ1v) is 8.43. The fraction of sp³-hybridized carbons (Fsp3) is 0.353. The van der Waals surface area contributed by atoms with Gasteiger partial charge in [-0.1, -0.05) is 0 Å². The predicted molar refractivity (Wildman–Crippen MR) is 90.1 cm³/mol. The van der Waals surface area contributed by atoms with Crippen LogP contribution in [-0.2, 0) is 6.54 Å². The average molecular weight is 337 g/mol. The summed E-state index contributed by atoms with van der Waals surface area (Å²) >= 11 is 0. The highest BCUT2D eigenvalue weighted by Crippen LogP contribution is 2.21. The van der Waals surface area contributed by atoms with Crippen molar-refractivity contribution in [2.24, 2.45) is 0 Å².